The van der Waals surface area contributed by atoms with E-state index in [1.54, 1.807) is 11.3 Å². The van der Waals surface area contributed by atoms with Gasteiger partial charge in [-0.1, -0.05) is 0 Å². The highest BCUT2D eigenvalue weighted by Gasteiger charge is 2.09. The second kappa shape index (κ2) is 7.39. The van der Waals surface area contributed by atoms with E-state index in [9.17, 15) is 0 Å². The Morgan fingerprint density at radius 1 is 1.47 bits per heavy atom. The molecular formula is C11H18BrNOS. The molecule has 0 spiro atoms. The van der Waals surface area contributed by atoms with Crippen molar-refractivity contribution in [2.24, 2.45) is 0 Å². The third-order valence-electron chi connectivity index (χ3n) is 2.32. The summed E-state index contributed by atoms with van der Waals surface area (Å²) in [7, 11) is 0. The Morgan fingerprint density at radius 2 is 2.27 bits per heavy atom. The summed E-state index contributed by atoms with van der Waals surface area (Å²) in [6.07, 6.45) is 3.15. The molecule has 0 aliphatic heterocycles. The highest BCUT2D eigenvalue weighted by molar-refractivity contribution is 9.10. The molecule has 15 heavy (non-hydrogen) atoms. The Kier molecular flexibility index (Phi) is 6.48. The van der Waals surface area contributed by atoms with Crippen molar-refractivity contribution in [3.8, 4) is 0 Å². The predicted octanol–water partition coefficient (Wildman–Crippen LogP) is 3.32. The molecule has 0 aromatic carbocycles. The van der Waals surface area contributed by atoms with Crippen molar-refractivity contribution in [1.29, 1.82) is 0 Å². The van der Waals surface area contributed by atoms with Crippen molar-refractivity contribution >= 4 is 27.3 Å². The molecule has 0 aliphatic rings. The molecule has 0 bridgehead atoms. The number of halogens is 1. The summed E-state index contributed by atoms with van der Waals surface area (Å²) in [6.45, 7) is 3.51. The van der Waals surface area contributed by atoms with Gasteiger partial charge < -0.3 is 10.4 Å². The number of thiophene rings is 1. The first-order valence-electron chi connectivity index (χ1n) is 5.33. The lowest BCUT2D eigenvalue weighted by Crippen LogP contribution is -2.19. The molecule has 86 valence electrons. The normalized spacial score (nSPS) is 13.0. The molecule has 1 aromatic heterocycles. The third-order valence-corrected chi connectivity index (χ3v) is 4.38. The Balaban J connectivity index is 2.19. The van der Waals surface area contributed by atoms with Crippen molar-refractivity contribution in [3.05, 3.63) is 20.8 Å². The van der Waals surface area contributed by atoms with Gasteiger partial charge in [-0.15, -0.1) is 11.3 Å². The molecule has 0 radical (unpaired) electrons. The van der Waals surface area contributed by atoms with E-state index in [0.717, 1.165) is 25.8 Å². The van der Waals surface area contributed by atoms with E-state index in [1.165, 1.54) is 9.35 Å². The van der Waals surface area contributed by atoms with Crippen LogP contribution in [-0.4, -0.2) is 18.3 Å². The van der Waals surface area contributed by atoms with Gasteiger partial charge in [0, 0.05) is 22.0 Å². The lowest BCUT2D eigenvalue weighted by molar-refractivity contribution is 0.282. The molecule has 1 unspecified atom stereocenters. The van der Waals surface area contributed by atoms with Gasteiger partial charge in [0.25, 0.3) is 0 Å². The van der Waals surface area contributed by atoms with Crippen LogP contribution < -0.4 is 5.32 Å². The Labute approximate surface area is 104 Å². The van der Waals surface area contributed by atoms with Crippen LogP contribution >= 0.6 is 27.3 Å². The Hall–Kier alpha value is 0.100. The maximum absolute atomic E-state index is 8.64. The topological polar surface area (TPSA) is 32.3 Å². The summed E-state index contributed by atoms with van der Waals surface area (Å²) in [4.78, 5) is 1.36. The van der Waals surface area contributed by atoms with Crippen LogP contribution in [0.4, 0.5) is 0 Å². The smallest absolute Gasteiger partial charge is 0.0431 e. The number of aliphatic hydroxyl groups excluding tert-OH is 1. The molecule has 1 aromatic rings. The third kappa shape index (κ3) is 4.64. The average molecular weight is 292 g/mol. The summed E-state index contributed by atoms with van der Waals surface area (Å²) in [5, 5.41) is 14.2. The maximum Gasteiger partial charge on any atom is 0.0431 e. The van der Waals surface area contributed by atoms with E-state index in [1.807, 2.05) is 0 Å². The fourth-order valence-electron chi connectivity index (χ4n) is 1.44. The molecule has 0 aliphatic carbocycles. The number of nitrogens with one attached hydrogen (secondary N) is 1. The quantitative estimate of drug-likeness (QED) is 0.756. The zero-order valence-corrected chi connectivity index (χ0v) is 11.4. The van der Waals surface area contributed by atoms with E-state index in [-0.39, 0.29) is 0 Å². The zero-order valence-electron chi connectivity index (χ0n) is 9.00. The van der Waals surface area contributed by atoms with Crippen molar-refractivity contribution in [1.82, 2.24) is 5.32 Å². The lowest BCUT2D eigenvalue weighted by Gasteiger charge is -2.12. The van der Waals surface area contributed by atoms with Crippen LogP contribution in [0.15, 0.2) is 15.9 Å². The number of rotatable bonds is 7. The maximum atomic E-state index is 8.64. The fourth-order valence-corrected chi connectivity index (χ4v) is 3.19. The second-order valence-corrected chi connectivity index (χ2v) is 5.39. The van der Waals surface area contributed by atoms with E-state index in [2.05, 4.69) is 39.6 Å². The monoisotopic (exact) mass is 291 g/mol. The van der Waals surface area contributed by atoms with Crippen LogP contribution in [0.5, 0.6) is 0 Å². The van der Waals surface area contributed by atoms with Crippen LogP contribution in [0.1, 0.15) is 37.1 Å². The Bertz CT molecular complexity index is 277. The number of hydrogen-bond acceptors (Lipinski definition) is 3. The fraction of sp³-hybridized carbons (Fsp3) is 0.636. The summed E-state index contributed by atoms with van der Waals surface area (Å²) in [6, 6.07) is 2.50. The van der Waals surface area contributed by atoms with E-state index in [0.29, 0.717) is 12.6 Å². The van der Waals surface area contributed by atoms with Gasteiger partial charge in [-0.3, -0.25) is 0 Å². The van der Waals surface area contributed by atoms with Crippen LogP contribution in [0, 0.1) is 0 Å². The van der Waals surface area contributed by atoms with Crippen molar-refractivity contribution in [3.63, 3.8) is 0 Å². The molecule has 1 atom stereocenters. The highest BCUT2D eigenvalue weighted by Crippen LogP contribution is 2.28. The van der Waals surface area contributed by atoms with E-state index < -0.39 is 0 Å². The van der Waals surface area contributed by atoms with Gasteiger partial charge in [-0.25, -0.2) is 0 Å². The summed E-state index contributed by atoms with van der Waals surface area (Å²) >= 11 is 5.31. The number of aliphatic hydroxyl groups is 1. The summed E-state index contributed by atoms with van der Waals surface area (Å²) in [5.41, 5.74) is 0. The standard InChI is InChI=1S/C11H18BrNOS/c1-9(11-10(12)5-8-15-11)13-6-3-2-4-7-14/h5,8-9,13-14H,2-4,6-7H2,1H3. The van der Waals surface area contributed by atoms with E-state index in [4.69, 9.17) is 5.11 Å². The molecule has 2 nitrogen and oxygen atoms in total. The number of unbranched alkanes of at least 4 members (excludes halogenated alkanes) is 2. The highest BCUT2D eigenvalue weighted by atomic mass is 79.9. The predicted molar refractivity (Wildman–Crippen MR) is 69.4 cm³/mol. The van der Waals surface area contributed by atoms with Gasteiger partial charge in [0.05, 0.1) is 0 Å². The molecule has 1 rings (SSSR count). The Morgan fingerprint density at radius 3 is 2.87 bits per heavy atom. The van der Waals surface area contributed by atoms with Crippen LogP contribution in [0.2, 0.25) is 0 Å². The van der Waals surface area contributed by atoms with Gasteiger partial charge >= 0.3 is 0 Å². The zero-order chi connectivity index (χ0) is 11.1. The minimum atomic E-state index is 0.312. The molecule has 0 saturated heterocycles. The second-order valence-electron chi connectivity index (χ2n) is 3.59. The van der Waals surface area contributed by atoms with Gasteiger partial charge in [-0.05, 0) is 60.1 Å². The summed E-state index contributed by atoms with van der Waals surface area (Å²) < 4.78 is 1.20. The number of hydrogen-bond donors (Lipinski definition) is 2. The van der Waals surface area contributed by atoms with Crippen LogP contribution in [0.3, 0.4) is 0 Å². The first kappa shape index (κ1) is 13.2. The summed E-state index contributed by atoms with van der Waals surface area (Å²) in [5.74, 6) is 0. The largest absolute Gasteiger partial charge is 0.396 e. The van der Waals surface area contributed by atoms with E-state index >= 15 is 0 Å². The van der Waals surface area contributed by atoms with Crippen molar-refractivity contribution in [2.45, 2.75) is 32.2 Å². The molecule has 0 amide bonds. The van der Waals surface area contributed by atoms with Crippen LogP contribution in [0.25, 0.3) is 0 Å². The first-order chi connectivity index (χ1) is 7.25. The molecule has 1 heterocycles. The average Bonchev–Trinajstić information content (AvgIpc) is 2.64. The minimum absolute atomic E-state index is 0.312. The SMILES string of the molecule is CC(NCCCCCO)c1sccc1Br. The molecule has 0 saturated carbocycles. The van der Waals surface area contributed by atoms with Crippen molar-refractivity contribution < 1.29 is 5.11 Å². The minimum Gasteiger partial charge on any atom is -0.396 e. The van der Waals surface area contributed by atoms with Crippen molar-refractivity contribution in [2.75, 3.05) is 13.2 Å². The molecule has 0 fully saturated rings. The first-order valence-corrected chi connectivity index (χ1v) is 7.00. The van der Waals surface area contributed by atoms with Gasteiger partial charge in [0.2, 0.25) is 0 Å². The van der Waals surface area contributed by atoms with Gasteiger partial charge in [0.15, 0.2) is 0 Å². The van der Waals surface area contributed by atoms with Gasteiger partial charge in [-0.2, -0.15) is 0 Å². The molecule has 2 N–H and O–H groups in total. The lowest BCUT2D eigenvalue weighted by atomic mass is 10.2. The van der Waals surface area contributed by atoms with Gasteiger partial charge in [0.1, 0.15) is 0 Å². The molecule has 4 heteroatoms. The van der Waals surface area contributed by atoms with Crippen LogP contribution in [-0.2, 0) is 0 Å². The molecular weight excluding hydrogens is 274 g/mol.